The second-order valence-electron chi connectivity index (χ2n) is 4.87. The average molecular weight is 271 g/mol. The molecule has 0 spiro atoms. The average Bonchev–Trinajstić information content (AvgIpc) is 2.59. The Morgan fingerprint density at radius 1 is 1.39 bits per heavy atom. The van der Waals surface area contributed by atoms with Crippen LogP contribution in [0.3, 0.4) is 0 Å². The van der Waals surface area contributed by atoms with E-state index in [0.717, 1.165) is 0 Å². The van der Waals surface area contributed by atoms with Crippen molar-refractivity contribution in [3.63, 3.8) is 0 Å². The SMILES string of the molecule is Cc1nn(C)c(CN2C(=O)NC(=O)C2(C)C)c1Cl. The van der Waals surface area contributed by atoms with Gasteiger partial charge in [-0.2, -0.15) is 5.10 Å². The number of aryl methyl sites for hydroxylation is 2. The molecule has 98 valence electrons. The number of rotatable bonds is 2. The molecule has 1 aromatic rings. The van der Waals surface area contributed by atoms with Crippen LogP contribution in [0.5, 0.6) is 0 Å². The van der Waals surface area contributed by atoms with E-state index in [1.54, 1.807) is 32.5 Å². The van der Waals surface area contributed by atoms with E-state index in [4.69, 9.17) is 11.6 Å². The molecule has 0 radical (unpaired) electrons. The predicted molar refractivity (Wildman–Crippen MR) is 66.1 cm³/mol. The zero-order valence-corrected chi connectivity index (χ0v) is 11.5. The summed E-state index contributed by atoms with van der Waals surface area (Å²) in [5.41, 5.74) is 0.545. The summed E-state index contributed by atoms with van der Waals surface area (Å²) >= 11 is 6.14. The molecule has 0 saturated carbocycles. The van der Waals surface area contributed by atoms with Crippen LogP contribution in [0.1, 0.15) is 25.2 Å². The molecule has 0 atom stereocenters. The van der Waals surface area contributed by atoms with Crippen molar-refractivity contribution in [1.82, 2.24) is 20.0 Å². The van der Waals surface area contributed by atoms with Gasteiger partial charge in [-0.1, -0.05) is 11.6 Å². The van der Waals surface area contributed by atoms with Crippen LogP contribution in [0.25, 0.3) is 0 Å². The van der Waals surface area contributed by atoms with Crippen LogP contribution in [-0.2, 0) is 18.4 Å². The van der Waals surface area contributed by atoms with Crippen LogP contribution in [-0.4, -0.2) is 32.2 Å². The Kier molecular flexibility index (Phi) is 2.85. The van der Waals surface area contributed by atoms with Crippen molar-refractivity contribution in [2.45, 2.75) is 32.9 Å². The van der Waals surface area contributed by atoms with Crippen LogP contribution in [0.2, 0.25) is 5.02 Å². The fourth-order valence-electron chi connectivity index (χ4n) is 1.97. The number of carbonyl (C=O) groups is 2. The van der Waals surface area contributed by atoms with Gasteiger partial charge in [-0.05, 0) is 20.8 Å². The van der Waals surface area contributed by atoms with Crippen LogP contribution in [0.15, 0.2) is 0 Å². The molecule has 0 bridgehead atoms. The Hall–Kier alpha value is -1.56. The van der Waals surface area contributed by atoms with E-state index in [0.29, 0.717) is 16.4 Å². The summed E-state index contributed by atoms with van der Waals surface area (Å²) in [7, 11) is 1.76. The number of hydrogen-bond donors (Lipinski definition) is 1. The number of carbonyl (C=O) groups excluding carboxylic acids is 2. The van der Waals surface area contributed by atoms with Crippen LogP contribution in [0, 0.1) is 6.92 Å². The first-order valence-corrected chi connectivity index (χ1v) is 5.94. The van der Waals surface area contributed by atoms with Gasteiger partial charge in [-0.3, -0.25) is 14.8 Å². The lowest BCUT2D eigenvalue weighted by molar-refractivity contribution is -0.125. The third kappa shape index (κ3) is 1.77. The summed E-state index contributed by atoms with van der Waals surface area (Å²) in [6, 6.07) is -0.403. The highest BCUT2D eigenvalue weighted by Crippen LogP contribution is 2.27. The van der Waals surface area contributed by atoms with E-state index in [1.807, 2.05) is 0 Å². The van der Waals surface area contributed by atoms with E-state index in [9.17, 15) is 9.59 Å². The van der Waals surface area contributed by atoms with E-state index in [1.165, 1.54) is 4.90 Å². The smallest absolute Gasteiger partial charge is 0.304 e. The lowest BCUT2D eigenvalue weighted by atomic mass is 10.0. The Morgan fingerprint density at radius 2 is 2.00 bits per heavy atom. The van der Waals surface area contributed by atoms with Gasteiger partial charge in [0.2, 0.25) is 0 Å². The van der Waals surface area contributed by atoms with Crippen molar-refractivity contribution in [3.05, 3.63) is 16.4 Å². The minimum Gasteiger partial charge on any atom is -0.304 e. The van der Waals surface area contributed by atoms with Crippen LogP contribution in [0.4, 0.5) is 4.79 Å². The third-order valence-electron chi connectivity index (χ3n) is 3.27. The molecule has 3 amide bonds. The lowest BCUT2D eigenvalue weighted by Crippen LogP contribution is -2.44. The number of urea groups is 1. The van der Waals surface area contributed by atoms with Gasteiger partial charge >= 0.3 is 6.03 Å². The van der Waals surface area contributed by atoms with Crippen molar-refractivity contribution < 1.29 is 9.59 Å². The van der Waals surface area contributed by atoms with Gasteiger partial charge < -0.3 is 4.90 Å². The maximum atomic E-state index is 11.8. The molecule has 0 unspecified atom stereocenters. The van der Waals surface area contributed by atoms with Crippen molar-refractivity contribution in [3.8, 4) is 0 Å². The standard InChI is InChI=1S/C11H15ClN4O2/c1-6-8(12)7(15(4)14-6)5-16-10(18)13-9(17)11(16,2)3/h5H2,1-4H3,(H,13,17,18). The largest absolute Gasteiger partial charge is 0.325 e. The summed E-state index contributed by atoms with van der Waals surface area (Å²) in [5, 5.41) is 7.01. The molecule has 0 aromatic carbocycles. The number of nitrogens with one attached hydrogen (secondary N) is 1. The highest BCUT2D eigenvalue weighted by atomic mass is 35.5. The number of amides is 3. The Morgan fingerprint density at radius 3 is 2.39 bits per heavy atom. The Bertz CT molecular complexity index is 535. The molecule has 0 aliphatic carbocycles. The second kappa shape index (κ2) is 3.98. The molecule has 1 aliphatic heterocycles. The Labute approximate surface area is 110 Å². The highest BCUT2D eigenvalue weighted by molar-refractivity contribution is 6.31. The summed E-state index contributed by atoms with van der Waals surface area (Å²) in [6.45, 7) is 5.45. The Balaban J connectivity index is 2.34. The van der Waals surface area contributed by atoms with E-state index >= 15 is 0 Å². The maximum Gasteiger partial charge on any atom is 0.325 e. The number of imide groups is 1. The normalized spacial score (nSPS) is 18.4. The van der Waals surface area contributed by atoms with Gasteiger partial charge in [0.1, 0.15) is 5.54 Å². The second-order valence-corrected chi connectivity index (χ2v) is 5.25. The monoisotopic (exact) mass is 270 g/mol. The molecule has 1 saturated heterocycles. The quantitative estimate of drug-likeness (QED) is 0.822. The first-order chi connectivity index (χ1) is 8.25. The number of aromatic nitrogens is 2. The lowest BCUT2D eigenvalue weighted by Gasteiger charge is -2.27. The summed E-state index contributed by atoms with van der Waals surface area (Å²) < 4.78 is 1.63. The molecule has 1 aromatic heterocycles. The van der Waals surface area contributed by atoms with Crippen molar-refractivity contribution in [2.24, 2.45) is 7.05 Å². The molecule has 1 N–H and O–H groups in total. The van der Waals surface area contributed by atoms with Crippen LogP contribution >= 0.6 is 11.6 Å². The highest BCUT2D eigenvalue weighted by Gasteiger charge is 2.45. The van der Waals surface area contributed by atoms with Gasteiger partial charge in [0.05, 0.1) is 23.0 Å². The predicted octanol–water partition coefficient (Wildman–Crippen LogP) is 1.21. The fraction of sp³-hybridized carbons (Fsp3) is 0.545. The topological polar surface area (TPSA) is 67.2 Å². The molecule has 2 heterocycles. The fourth-order valence-corrected chi connectivity index (χ4v) is 2.18. The minimum atomic E-state index is -0.876. The van der Waals surface area contributed by atoms with Crippen LogP contribution < -0.4 is 5.32 Å². The molecule has 18 heavy (non-hydrogen) atoms. The zero-order chi connectivity index (χ0) is 13.7. The molecule has 1 fully saturated rings. The zero-order valence-electron chi connectivity index (χ0n) is 10.7. The van der Waals surface area contributed by atoms with E-state index in [-0.39, 0.29) is 12.5 Å². The van der Waals surface area contributed by atoms with E-state index in [2.05, 4.69) is 10.4 Å². The first kappa shape index (κ1) is 12.9. The molecule has 7 heteroatoms. The molecule has 1 aliphatic rings. The van der Waals surface area contributed by atoms with Crippen molar-refractivity contribution >= 4 is 23.5 Å². The van der Waals surface area contributed by atoms with Gasteiger partial charge in [-0.25, -0.2) is 4.79 Å². The molecule has 2 rings (SSSR count). The molecular formula is C11H15ClN4O2. The summed E-state index contributed by atoms with van der Waals surface area (Å²) in [4.78, 5) is 24.9. The van der Waals surface area contributed by atoms with Gasteiger partial charge in [0.15, 0.2) is 0 Å². The molecular weight excluding hydrogens is 256 g/mol. The van der Waals surface area contributed by atoms with Crippen molar-refractivity contribution in [1.29, 1.82) is 0 Å². The van der Waals surface area contributed by atoms with Gasteiger partial charge in [-0.15, -0.1) is 0 Å². The van der Waals surface area contributed by atoms with Gasteiger partial charge in [0, 0.05) is 7.05 Å². The number of halogens is 1. The van der Waals surface area contributed by atoms with Gasteiger partial charge in [0.25, 0.3) is 5.91 Å². The summed E-state index contributed by atoms with van der Waals surface area (Å²) in [6.07, 6.45) is 0. The number of hydrogen-bond acceptors (Lipinski definition) is 3. The minimum absolute atomic E-state index is 0.251. The number of nitrogens with zero attached hydrogens (tertiary/aromatic N) is 3. The first-order valence-electron chi connectivity index (χ1n) is 5.56. The molecule has 6 nitrogen and oxygen atoms in total. The summed E-state index contributed by atoms with van der Waals surface area (Å²) in [5.74, 6) is -0.303. The van der Waals surface area contributed by atoms with E-state index < -0.39 is 11.6 Å². The third-order valence-corrected chi connectivity index (χ3v) is 3.76. The maximum absolute atomic E-state index is 11.8. The van der Waals surface area contributed by atoms with Crippen molar-refractivity contribution in [2.75, 3.05) is 0 Å².